The quantitative estimate of drug-likeness (QED) is 0.632. The third kappa shape index (κ3) is 6.27. The van der Waals surface area contributed by atoms with Gasteiger partial charge in [0.1, 0.15) is 5.75 Å². The van der Waals surface area contributed by atoms with Gasteiger partial charge in [-0.3, -0.25) is 0 Å². The normalized spacial score (nSPS) is 15.8. The molecule has 1 saturated heterocycles. The molecule has 0 spiro atoms. The maximum absolute atomic E-state index is 13.4. The molecule has 1 unspecified atom stereocenters. The van der Waals surface area contributed by atoms with Crippen molar-refractivity contribution in [3.05, 3.63) is 54.3 Å². The number of ether oxygens (including phenoxy) is 2. The molecule has 0 aromatic heterocycles. The van der Waals surface area contributed by atoms with Crippen molar-refractivity contribution < 1.29 is 18.7 Å². The fourth-order valence-corrected chi connectivity index (χ4v) is 3.36. The molecule has 2 aromatic rings. The minimum Gasteiger partial charge on any atom is -0.497 e. The van der Waals surface area contributed by atoms with Crippen molar-refractivity contribution in [2.24, 2.45) is 5.92 Å². The molecule has 29 heavy (non-hydrogen) atoms. The molecule has 1 heterocycles. The molecular formula is C22H28FN3O3. The summed E-state index contributed by atoms with van der Waals surface area (Å²) in [7, 11) is 1.67. The van der Waals surface area contributed by atoms with Crippen LogP contribution >= 0.6 is 0 Å². The Balaban J connectivity index is 1.29. The average molecular weight is 401 g/mol. The number of benzene rings is 2. The Bertz CT molecular complexity index is 802. The van der Waals surface area contributed by atoms with Gasteiger partial charge in [-0.2, -0.15) is 0 Å². The van der Waals surface area contributed by atoms with Crippen LogP contribution in [0.5, 0.6) is 11.5 Å². The van der Waals surface area contributed by atoms with Gasteiger partial charge in [0.05, 0.1) is 13.7 Å². The van der Waals surface area contributed by atoms with Gasteiger partial charge >= 0.3 is 6.03 Å². The monoisotopic (exact) mass is 401 g/mol. The molecule has 1 aliphatic rings. The van der Waals surface area contributed by atoms with Crippen molar-refractivity contribution in [2.45, 2.75) is 12.8 Å². The lowest BCUT2D eigenvalue weighted by Crippen LogP contribution is -2.39. The molecule has 2 amide bonds. The topological polar surface area (TPSA) is 62.8 Å². The predicted octanol–water partition coefficient (Wildman–Crippen LogP) is 3.43. The fourth-order valence-electron chi connectivity index (χ4n) is 3.36. The first-order chi connectivity index (χ1) is 14.2. The third-order valence-corrected chi connectivity index (χ3v) is 4.96. The Morgan fingerprint density at radius 3 is 2.90 bits per heavy atom. The van der Waals surface area contributed by atoms with Crippen LogP contribution in [-0.2, 0) is 0 Å². The van der Waals surface area contributed by atoms with E-state index in [4.69, 9.17) is 9.47 Å². The molecule has 0 radical (unpaired) electrons. The van der Waals surface area contributed by atoms with Crippen LogP contribution in [-0.4, -0.2) is 45.9 Å². The molecule has 6 nitrogen and oxygen atoms in total. The largest absolute Gasteiger partial charge is 0.497 e. The van der Waals surface area contributed by atoms with Gasteiger partial charge in [-0.25, -0.2) is 9.18 Å². The number of hydrogen-bond acceptors (Lipinski definition) is 4. The minimum absolute atomic E-state index is 0.185. The van der Waals surface area contributed by atoms with E-state index in [1.54, 1.807) is 25.3 Å². The van der Waals surface area contributed by atoms with Crippen molar-refractivity contribution in [1.29, 1.82) is 0 Å². The number of hydrogen-bond donors (Lipinski definition) is 2. The van der Waals surface area contributed by atoms with E-state index >= 15 is 0 Å². The molecule has 2 aromatic carbocycles. The number of nitrogens with zero attached hydrogens (tertiary/aromatic N) is 1. The highest BCUT2D eigenvalue weighted by Gasteiger charge is 2.23. The number of methoxy groups -OCH3 is 1. The Morgan fingerprint density at radius 1 is 1.21 bits per heavy atom. The maximum atomic E-state index is 13.4. The molecule has 0 saturated carbocycles. The van der Waals surface area contributed by atoms with Gasteiger partial charge < -0.3 is 25.0 Å². The summed E-state index contributed by atoms with van der Waals surface area (Å²) in [5.41, 5.74) is 1.14. The summed E-state index contributed by atoms with van der Waals surface area (Å²) in [5.74, 6) is 1.12. The number of nitrogens with one attached hydrogen (secondary N) is 2. The zero-order valence-corrected chi connectivity index (χ0v) is 16.7. The maximum Gasteiger partial charge on any atom is 0.314 e. The lowest BCUT2D eigenvalue weighted by atomic mass is 10.1. The van der Waals surface area contributed by atoms with Gasteiger partial charge in [-0.1, -0.05) is 18.2 Å². The summed E-state index contributed by atoms with van der Waals surface area (Å²) in [6.07, 6.45) is 1.64. The summed E-state index contributed by atoms with van der Waals surface area (Å²) >= 11 is 0. The summed E-state index contributed by atoms with van der Waals surface area (Å²) in [5, 5.41) is 5.75. The van der Waals surface area contributed by atoms with E-state index in [9.17, 15) is 9.18 Å². The zero-order valence-electron chi connectivity index (χ0n) is 16.7. The number of carbonyl (C=O) groups is 1. The first-order valence-corrected chi connectivity index (χ1v) is 9.93. The second-order valence-corrected chi connectivity index (χ2v) is 7.07. The van der Waals surface area contributed by atoms with Gasteiger partial charge in [0.2, 0.25) is 0 Å². The van der Waals surface area contributed by atoms with Gasteiger partial charge in [0, 0.05) is 37.9 Å². The van der Waals surface area contributed by atoms with E-state index in [1.165, 1.54) is 6.07 Å². The molecular weight excluding hydrogens is 373 g/mol. The Hall–Kier alpha value is -2.96. The van der Waals surface area contributed by atoms with Crippen LogP contribution in [0.2, 0.25) is 0 Å². The highest BCUT2D eigenvalue weighted by Crippen LogP contribution is 2.26. The summed E-state index contributed by atoms with van der Waals surface area (Å²) in [6.45, 7) is 3.33. The molecule has 3 rings (SSSR count). The number of amides is 2. The predicted molar refractivity (Wildman–Crippen MR) is 111 cm³/mol. The SMILES string of the molecule is COc1cccc(N2CCC(CNC(=O)NCCCOc3ccccc3F)C2)c1. The van der Waals surface area contributed by atoms with Crippen molar-refractivity contribution in [3.8, 4) is 11.5 Å². The number of anilines is 1. The van der Waals surface area contributed by atoms with Crippen molar-refractivity contribution in [1.82, 2.24) is 10.6 Å². The van der Waals surface area contributed by atoms with Crippen LogP contribution in [0.4, 0.5) is 14.9 Å². The van der Waals surface area contributed by atoms with Crippen LogP contribution in [0.25, 0.3) is 0 Å². The fraction of sp³-hybridized carbons (Fsp3) is 0.409. The van der Waals surface area contributed by atoms with E-state index in [-0.39, 0.29) is 17.6 Å². The highest BCUT2D eigenvalue weighted by atomic mass is 19.1. The van der Waals surface area contributed by atoms with Crippen LogP contribution in [0.3, 0.4) is 0 Å². The first kappa shape index (κ1) is 20.8. The number of para-hydroxylation sites is 1. The van der Waals surface area contributed by atoms with E-state index in [0.717, 1.165) is 30.9 Å². The molecule has 0 aliphatic carbocycles. The van der Waals surface area contributed by atoms with Crippen LogP contribution in [0.15, 0.2) is 48.5 Å². The minimum atomic E-state index is -0.377. The second-order valence-electron chi connectivity index (χ2n) is 7.07. The molecule has 2 N–H and O–H groups in total. The van der Waals surface area contributed by atoms with Crippen LogP contribution in [0, 0.1) is 11.7 Å². The molecule has 156 valence electrons. The number of carbonyl (C=O) groups excluding carboxylic acids is 1. The molecule has 1 atom stereocenters. The molecule has 1 fully saturated rings. The molecule has 0 bridgehead atoms. The van der Waals surface area contributed by atoms with Crippen LogP contribution < -0.4 is 25.0 Å². The van der Waals surface area contributed by atoms with E-state index in [2.05, 4.69) is 21.6 Å². The van der Waals surface area contributed by atoms with Gasteiger partial charge in [-0.05, 0) is 43.0 Å². The standard InChI is InChI=1S/C22H28FN3O3/c1-28-19-7-4-6-18(14-19)26-12-10-17(16-26)15-25-22(27)24-11-5-13-29-21-9-3-2-8-20(21)23/h2-4,6-9,14,17H,5,10-13,15-16H2,1H3,(H2,24,25,27). The third-order valence-electron chi connectivity index (χ3n) is 4.96. The zero-order chi connectivity index (χ0) is 20.5. The second kappa shape index (κ2) is 10.5. The summed E-state index contributed by atoms with van der Waals surface area (Å²) < 4.78 is 24.1. The first-order valence-electron chi connectivity index (χ1n) is 9.93. The average Bonchev–Trinajstić information content (AvgIpc) is 3.22. The Labute approximate surface area is 171 Å². The van der Waals surface area contributed by atoms with Gasteiger partial charge in [-0.15, -0.1) is 0 Å². The lowest BCUT2D eigenvalue weighted by Gasteiger charge is -2.19. The van der Waals surface area contributed by atoms with E-state index in [0.29, 0.717) is 32.0 Å². The molecule has 7 heteroatoms. The summed E-state index contributed by atoms with van der Waals surface area (Å²) in [4.78, 5) is 14.3. The smallest absolute Gasteiger partial charge is 0.314 e. The molecule has 1 aliphatic heterocycles. The van der Waals surface area contributed by atoms with Crippen LogP contribution in [0.1, 0.15) is 12.8 Å². The van der Waals surface area contributed by atoms with E-state index in [1.807, 2.05) is 18.2 Å². The Morgan fingerprint density at radius 2 is 2.07 bits per heavy atom. The highest BCUT2D eigenvalue weighted by molar-refractivity contribution is 5.73. The number of halogens is 1. The van der Waals surface area contributed by atoms with Crippen molar-refractivity contribution in [2.75, 3.05) is 44.8 Å². The Kier molecular flexibility index (Phi) is 7.55. The van der Waals surface area contributed by atoms with Crippen molar-refractivity contribution >= 4 is 11.7 Å². The van der Waals surface area contributed by atoms with Crippen molar-refractivity contribution in [3.63, 3.8) is 0 Å². The number of rotatable bonds is 9. The van der Waals surface area contributed by atoms with Gasteiger partial charge in [0.15, 0.2) is 11.6 Å². The summed E-state index contributed by atoms with van der Waals surface area (Å²) in [6, 6.07) is 14.1. The van der Waals surface area contributed by atoms with Gasteiger partial charge in [0.25, 0.3) is 0 Å². The van der Waals surface area contributed by atoms with E-state index < -0.39 is 0 Å². The number of urea groups is 1. The lowest BCUT2D eigenvalue weighted by molar-refractivity contribution is 0.237.